The number of rotatable bonds is 4. The van der Waals surface area contributed by atoms with Gasteiger partial charge in [-0.25, -0.2) is 4.98 Å². The first-order valence-corrected chi connectivity index (χ1v) is 8.44. The van der Waals surface area contributed by atoms with Gasteiger partial charge in [0.15, 0.2) is 5.69 Å². The molecule has 29 heavy (non-hydrogen) atoms. The van der Waals surface area contributed by atoms with Crippen molar-refractivity contribution in [2.24, 2.45) is 0 Å². The highest BCUT2D eigenvalue weighted by atomic mass is 19.4. The van der Waals surface area contributed by atoms with Gasteiger partial charge in [0, 0.05) is 25.0 Å². The van der Waals surface area contributed by atoms with E-state index >= 15 is 0 Å². The lowest BCUT2D eigenvalue weighted by Crippen LogP contribution is -2.53. The molecular formula is C16H17F3N6O4. The lowest BCUT2D eigenvalue weighted by molar-refractivity contribution is -0.141. The third-order valence-electron chi connectivity index (χ3n) is 4.12. The van der Waals surface area contributed by atoms with Gasteiger partial charge in [0.25, 0.3) is 11.8 Å². The number of β-amino-alcohol motifs (C(OH)–C–C–N with tert-alkyl or cyclic N) is 1. The maximum atomic E-state index is 12.7. The number of halogens is 3. The van der Waals surface area contributed by atoms with Crippen LogP contribution in [-0.4, -0.2) is 80.4 Å². The number of aromatic amines is 1. The van der Waals surface area contributed by atoms with E-state index in [2.05, 4.69) is 20.4 Å². The zero-order valence-electron chi connectivity index (χ0n) is 14.9. The average Bonchev–Trinajstić information content (AvgIpc) is 3.11. The van der Waals surface area contributed by atoms with Gasteiger partial charge < -0.3 is 20.1 Å². The van der Waals surface area contributed by atoms with E-state index in [9.17, 15) is 27.9 Å². The highest BCUT2D eigenvalue weighted by Crippen LogP contribution is 2.28. The number of aliphatic hydroxyl groups is 1. The molecular weight excluding hydrogens is 397 g/mol. The van der Waals surface area contributed by atoms with Crippen molar-refractivity contribution in [3.63, 3.8) is 0 Å². The molecule has 0 spiro atoms. The molecule has 0 aliphatic carbocycles. The van der Waals surface area contributed by atoms with Crippen LogP contribution in [0.2, 0.25) is 0 Å². The predicted octanol–water partition coefficient (Wildman–Crippen LogP) is -0.148. The normalized spacial score (nSPS) is 20.2. The third kappa shape index (κ3) is 5.06. The number of ether oxygens (including phenoxy) is 1. The van der Waals surface area contributed by atoms with Crippen LogP contribution in [0.3, 0.4) is 0 Å². The van der Waals surface area contributed by atoms with Gasteiger partial charge in [0.05, 0.1) is 32.5 Å². The second-order valence-electron chi connectivity index (χ2n) is 6.44. The SMILES string of the molecule is O=C(NCC1(O)COCCN(C(=O)c2cc(C(F)(F)F)[nH]n2)C1)c1cnccn1. The molecule has 2 amide bonds. The van der Waals surface area contributed by atoms with Crippen LogP contribution in [0, 0.1) is 0 Å². The van der Waals surface area contributed by atoms with Gasteiger partial charge in [0.1, 0.15) is 17.0 Å². The van der Waals surface area contributed by atoms with Gasteiger partial charge in [-0.1, -0.05) is 0 Å². The van der Waals surface area contributed by atoms with E-state index < -0.39 is 35.0 Å². The molecule has 1 unspecified atom stereocenters. The highest BCUT2D eigenvalue weighted by Gasteiger charge is 2.38. The number of hydrogen-bond acceptors (Lipinski definition) is 7. The third-order valence-corrected chi connectivity index (χ3v) is 4.12. The highest BCUT2D eigenvalue weighted by molar-refractivity contribution is 5.93. The van der Waals surface area contributed by atoms with Crippen molar-refractivity contribution in [1.82, 2.24) is 30.4 Å². The molecule has 3 rings (SSSR count). The van der Waals surface area contributed by atoms with E-state index in [0.29, 0.717) is 6.07 Å². The van der Waals surface area contributed by atoms with Crippen molar-refractivity contribution in [2.45, 2.75) is 11.8 Å². The van der Waals surface area contributed by atoms with Crippen molar-refractivity contribution in [3.05, 3.63) is 41.7 Å². The minimum absolute atomic E-state index is 0.0352. The van der Waals surface area contributed by atoms with Gasteiger partial charge >= 0.3 is 6.18 Å². The van der Waals surface area contributed by atoms with Gasteiger partial charge in [-0.15, -0.1) is 0 Å². The number of carbonyl (C=O) groups excluding carboxylic acids is 2. The first kappa shape index (κ1) is 20.7. The monoisotopic (exact) mass is 414 g/mol. The summed E-state index contributed by atoms with van der Waals surface area (Å²) in [6.45, 7) is -0.649. The van der Waals surface area contributed by atoms with E-state index in [0.717, 1.165) is 4.90 Å². The van der Waals surface area contributed by atoms with E-state index in [1.165, 1.54) is 18.6 Å². The summed E-state index contributed by atoms with van der Waals surface area (Å²) in [5.41, 5.74) is -3.22. The number of alkyl halides is 3. The molecule has 2 aromatic rings. The fraction of sp³-hybridized carbons (Fsp3) is 0.438. The molecule has 1 aliphatic rings. The van der Waals surface area contributed by atoms with E-state index in [1.54, 1.807) is 5.10 Å². The number of nitrogens with zero attached hydrogens (tertiary/aromatic N) is 4. The maximum absolute atomic E-state index is 12.7. The summed E-state index contributed by atoms with van der Waals surface area (Å²) >= 11 is 0. The minimum atomic E-state index is -4.67. The van der Waals surface area contributed by atoms with Crippen molar-refractivity contribution < 1.29 is 32.6 Å². The van der Waals surface area contributed by atoms with Crippen molar-refractivity contribution >= 4 is 11.8 Å². The molecule has 1 aliphatic heterocycles. The first-order valence-electron chi connectivity index (χ1n) is 8.44. The Balaban J connectivity index is 1.67. The molecule has 13 heteroatoms. The van der Waals surface area contributed by atoms with Gasteiger partial charge in [-0.05, 0) is 0 Å². The average molecular weight is 414 g/mol. The lowest BCUT2D eigenvalue weighted by atomic mass is 10.0. The zero-order valence-corrected chi connectivity index (χ0v) is 14.9. The molecule has 0 radical (unpaired) electrons. The standard InChI is InChI=1S/C16H17F3N6O4/c17-16(18,19)12-5-10(23-24-12)14(27)25-3-4-29-9-15(28,8-25)7-22-13(26)11-6-20-1-2-21-11/h1-2,5-6,28H,3-4,7-9H2,(H,22,26)(H,23,24). The quantitative estimate of drug-likeness (QED) is 0.634. The fourth-order valence-corrected chi connectivity index (χ4v) is 2.69. The smallest absolute Gasteiger partial charge is 0.384 e. The number of H-pyrrole nitrogens is 1. The summed E-state index contributed by atoms with van der Waals surface area (Å²) in [5.74, 6) is -1.39. The number of amides is 2. The summed E-state index contributed by atoms with van der Waals surface area (Å²) in [4.78, 5) is 33.3. The van der Waals surface area contributed by atoms with Crippen molar-refractivity contribution in [2.75, 3.05) is 32.8 Å². The van der Waals surface area contributed by atoms with Crippen molar-refractivity contribution in [3.8, 4) is 0 Å². The van der Waals surface area contributed by atoms with Crippen LogP contribution in [0.5, 0.6) is 0 Å². The Bertz CT molecular complexity index is 875. The van der Waals surface area contributed by atoms with Crippen LogP contribution in [-0.2, 0) is 10.9 Å². The summed E-state index contributed by atoms with van der Waals surface area (Å²) in [7, 11) is 0. The molecule has 1 fully saturated rings. The maximum Gasteiger partial charge on any atom is 0.432 e. The summed E-state index contributed by atoms with van der Waals surface area (Å²) in [5, 5.41) is 18.4. The molecule has 3 heterocycles. The Hall–Kier alpha value is -3.06. The van der Waals surface area contributed by atoms with E-state index in [4.69, 9.17) is 4.74 Å². The molecule has 0 bridgehead atoms. The number of carbonyl (C=O) groups is 2. The Morgan fingerprint density at radius 1 is 1.34 bits per heavy atom. The second-order valence-corrected chi connectivity index (χ2v) is 6.44. The predicted molar refractivity (Wildman–Crippen MR) is 89.6 cm³/mol. The van der Waals surface area contributed by atoms with E-state index in [-0.39, 0.29) is 38.5 Å². The zero-order chi connectivity index (χ0) is 21.1. The van der Waals surface area contributed by atoms with Crippen LogP contribution >= 0.6 is 0 Å². The van der Waals surface area contributed by atoms with Crippen LogP contribution in [0.15, 0.2) is 24.7 Å². The van der Waals surface area contributed by atoms with Crippen LogP contribution < -0.4 is 5.32 Å². The topological polar surface area (TPSA) is 133 Å². The Morgan fingerprint density at radius 2 is 2.14 bits per heavy atom. The van der Waals surface area contributed by atoms with Crippen LogP contribution in [0.1, 0.15) is 26.7 Å². The number of aromatic nitrogens is 4. The molecule has 3 N–H and O–H groups in total. The largest absolute Gasteiger partial charge is 0.432 e. The minimum Gasteiger partial charge on any atom is -0.384 e. The second kappa shape index (κ2) is 8.13. The molecule has 0 saturated carbocycles. The molecule has 1 saturated heterocycles. The summed E-state index contributed by atoms with van der Waals surface area (Å²) in [6.07, 6.45) is -0.697. The number of nitrogens with one attached hydrogen (secondary N) is 2. The van der Waals surface area contributed by atoms with Gasteiger partial charge in [-0.2, -0.15) is 18.3 Å². The molecule has 0 aromatic carbocycles. The van der Waals surface area contributed by atoms with Crippen LogP contribution in [0.25, 0.3) is 0 Å². The summed E-state index contributed by atoms with van der Waals surface area (Å²) < 4.78 is 43.4. The molecule has 156 valence electrons. The van der Waals surface area contributed by atoms with E-state index in [1.807, 2.05) is 0 Å². The molecule has 10 nitrogen and oxygen atoms in total. The van der Waals surface area contributed by atoms with Crippen molar-refractivity contribution in [1.29, 1.82) is 0 Å². The number of hydrogen-bond donors (Lipinski definition) is 3. The van der Waals surface area contributed by atoms with Gasteiger partial charge in [0.2, 0.25) is 0 Å². The fourth-order valence-electron chi connectivity index (χ4n) is 2.69. The summed E-state index contributed by atoms with van der Waals surface area (Å²) in [6, 6.07) is 0.600. The first-order chi connectivity index (χ1) is 13.7. The van der Waals surface area contributed by atoms with Crippen LogP contribution in [0.4, 0.5) is 13.2 Å². The van der Waals surface area contributed by atoms with Gasteiger partial charge in [-0.3, -0.25) is 19.7 Å². The molecule has 2 aromatic heterocycles. The Morgan fingerprint density at radius 3 is 2.79 bits per heavy atom. The Labute approximate surface area is 162 Å². The Kier molecular flexibility index (Phi) is 5.79. The lowest BCUT2D eigenvalue weighted by Gasteiger charge is -2.30. The molecule has 1 atom stereocenters.